The molecule has 0 aliphatic heterocycles. The Bertz CT molecular complexity index is 2070. The summed E-state index contributed by atoms with van der Waals surface area (Å²) < 4.78 is 0.737. The van der Waals surface area contributed by atoms with Crippen molar-refractivity contribution in [3.8, 4) is 44.9 Å². The Morgan fingerprint density at radius 2 is 1.20 bits per heavy atom. The molecule has 0 amide bonds. The molecule has 1 N–H and O–H groups in total. The summed E-state index contributed by atoms with van der Waals surface area (Å²) in [6.45, 7) is 8.76. The van der Waals surface area contributed by atoms with Gasteiger partial charge >= 0.3 is 0 Å². The van der Waals surface area contributed by atoms with E-state index in [-0.39, 0.29) is 0 Å². The standard InChI is InChI=1S/C35H27BrN4/c1-17-13-25-23-11-7-5-9-21(23)15-27(25)29(19(17)3)31-32(36)38-35-34(37-31)39-33(40-35)30-20(4)18(2)14-26-24-12-8-6-10-22(24)16-28(26)30/h5-14H,15-16H2,1-4H3,(H,37,38,39,40). The van der Waals surface area contributed by atoms with Gasteiger partial charge in [0.25, 0.3) is 0 Å². The number of aromatic nitrogens is 4. The molecule has 0 bridgehead atoms. The minimum Gasteiger partial charge on any atom is -0.321 e. The molecule has 0 saturated heterocycles. The van der Waals surface area contributed by atoms with Crippen molar-refractivity contribution >= 4 is 27.2 Å². The van der Waals surface area contributed by atoms with Crippen LogP contribution in [0.2, 0.25) is 0 Å². The summed E-state index contributed by atoms with van der Waals surface area (Å²) in [5.41, 5.74) is 20.2. The fourth-order valence-electron chi connectivity index (χ4n) is 6.78. The second-order valence-electron chi connectivity index (χ2n) is 11.2. The molecule has 0 unspecified atom stereocenters. The lowest BCUT2D eigenvalue weighted by atomic mass is 9.91. The van der Waals surface area contributed by atoms with Crippen LogP contribution in [-0.4, -0.2) is 19.9 Å². The largest absolute Gasteiger partial charge is 0.321 e. The first-order chi connectivity index (χ1) is 19.4. The molecule has 0 spiro atoms. The Balaban J connectivity index is 1.32. The van der Waals surface area contributed by atoms with Crippen LogP contribution in [0, 0.1) is 27.7 Å². The van der Waals surface area contributed by atoms with Gasteiger partial charge in [-0.05, 0) is 123 Å². The maximum atomic E-state index is 5.17. The van der Waals surface area contributed by atoms with Crippen LogP contribution in [-0.2, 0) is 12.8 Å². The van der Waals surface area contributed by atoms with Crippen molar-refractivity contribution in [3.05, 3.63) is 110 Å². The van der Waals surface area contributed by atoms with Crippen LogP contribution in [0.5, 0.6) is 0 Å². The lowest BCUT2D eigenvalue weighted by molar-refractivity contribution is 1.17. The quantitative estimate of drug-likeness (QED) is 0.221. The molecule has 2 aliphatic rings. The highest BCUT2D eigenvalue weighted by molar-refractivity contribution is 9.10. The zero-order valence-electron chi connectivity index (χ0n) is 22.9. The number of hydrogen-bond donors (Lipinski definition) is 1. The normalized spacial score (nSPS) is 12.9. The van der Waals surface area contributed by atoms with Gasteiger partial charge in [-0.3, -0.25) is 0 Å². The number of nitrogens with one attached hydrogen (secondary N) is 1. The molecule has 40 heavy (non-hydrogen) atoms. The Labute approximate surface area is 241 Å². The molecule has 2 aliphatic carbocycles. The van der Waals surface area contributed by atoms with Crippen molar-refractivity contribution in [1.82, 2.24) is 19.9 Å². The van der Waals surface area contributed by atoms with Crippen LogP contribution in [0.1, 0.15) is 44.5 Å². The molecule has 0 saturated carbocycles. The van der Waals surface area contributed by atoms with Crippen LogP contribution in [0.4, 0.5) is 0 Å². The van der Waals surface area contributed by atoms with E-state index < -0.39 is 0 Å². The van der Waals surface area contributed by atoms with E-state index in [1.165, 1.54) is 77.9 Å². The number of aryl methyl sites for hydroxylation is 2. The zero-order valence-corrected chi connectivity index (χ0v) is 24.5. The SMILES string of the molecule is Cc1cc2c(c(-c3nc4nc(-c5c(C)c(C)cc6c5Cc5ccccc5-6)c(Br)nc4[nH]3)c1C)Cc1ccccc1-2. The second kappa shape index (κ2) is 8.45. The van der Waals surface area contributed by atoms with E-state index in [9.17, 15) is 0 Å². The van der Waals surface area contributed by atoms with E-state index in [0.717, 1.165) is 29.0 Å². The van der Waals surface area contributed by atoms with Crippen molar-refractivity contribution < 1.29 is 0 Å². The first-order valence-electron chi connectivity index (χ1n) is 13.8. The van der Waals surface area contributed by atoms with Gasteiger partial charge in [-0.2, -0.15) is 0 Å². The Kier molecular flexibility index (Phi) is 5.02. The van der Waals surface area contributed by atoms with Crippen molar-refractivity contribution in [1.29, 1.82) is 0 Å². The van der Waals surface area contributed by atoms with Crippen molar-refractivity contribution in [3.63, 3.8) is 0 Å². The molecule has 6 aromatic rings. The molecule has 0 fully saturated rings. The highest BCUT2D eigenvalue weighted by Crippen LogP contribution is 2.46. The summed E-state index contributed by atoms with van der Waals surface area (Å²) in [6.07, 6.45) is 1.80. The number of imidazole rings is 1. The molecule has 0 atom stereocenters. The third-order valence-electron chi connectivity index (χ3n) is 9.02. The van der Waals surface area contributed by atoms with E-state index in [0.29, 0.717) is 11.3 Å². The average Bonchev–Trinajstić information content (AvgIpc) is 3.63. The van der Waals surface area contributed by atoms with Gasteiger partial charge in [-0.1, -0.05) is 60.7 Å². The first kappa shape index (κ1) is 23.8. The highest BCUT2D eigenvalue weighted by atomic mass is 79.9. The van der Waals surface area contributed by atoms with Crippen LogP contribution in [0.3, 0.4) is 0 Å². The second-order valence-corrected chi connectivity index (χ2v) is 12.0. The molecule has 8 rings (SSSR count). The van der Waals surface area contributed by atoms with Crippen LogP contribution < -0.4 is 0 Å². The third kappa shape index (κ3) is 3.27. The topological polar surface area (TPSA) is 54.5 Å². The van der Waals surface area contributed by atoms with E-state index in [4.69, 9.17) is 15.0 Å². The lowest BCUT2D eigenvalue weighted by Gasteiger charge is -2.15. The number of benzene rings is 4. The third-order valence-corrected chi connectivity index (χ3v) is 9.57. The van der Waals surface area contributed by atoms with Gasteiger partial charge in [-0.25, -0.2) is 15.0 Å². The number of halogens is 1. The minimum absolute atomic E-state index is 0.642. The number of hydrogen-bond acceptors (Lipinski definition) is 3. The summed E-state index contributed by atoms with van der Waals surface area (Å²) in [5.74, 6) is 0.836. The van der Waals surface area contributed by atoms with Crippen LogP contribution >= 0.6 is 15.9 Å². The van der Waals surface area contributed by atoms with Gasteiger partial charge in [0, 0.05) is 11.1 Å². The number of nitrogens with zero attached hydrogens (tertiary/aromatic N) is 3. The zero-order chi connectivity index (χ0) is 27.3. The van der Waals surface area contributed by atoms with E-state index in [1.54, 1.807) is 0 Å². The Morgan fingerprint density at radius 1 is 0.650 bits per heavy atom. The number of rotatable bonds is 2. The highest BCUT2D eigenvalue weighted by Gasteiger charge is 2.28. The van der Waals surface area contributed by atoms with E-state index in [2.05, 4.69) is 109 Å². The number of H-pyrrole nitrogens is 1. The molecule has 2 aromatic heterocycles. The molecular weight excluding hydrogens is 556 g/mol. The monoisotopic (exact) mass is 582 g/mol. The molecular formula is C35H27BrN4. The summed E-state index contributed by atoms with van der Waals surface area (Å²) in [5, 5.41) is 0. The number of fused-ring (bicyclic) bond motifs is 7. The van der Waals surface area contributed by atoms with Gasteiger partial charge in [0.2, 0.25) is 0 Å². The fraction of sp³-hybridized carbons (Fsp3) is 0.171. The molecule has 0 radical (unpaired) electrons. The van der Waals surface area contributed by atoms with Crippen molar-refractivity contribution in [2.45, 2.75) is 40.5 Å². The lowest BCUT2D eigenvalue weighted by Crippen LogP contribution is -1.99. The summed E-state index contributed by atoms with van der Waals surface area (Å²) in [7, 11) is 0. The predicted molar refractivity (Wildman–Crippen MR) is 166 cm³/mol. The molecule has 4 nitrogen and oxygen atoms in total. The Morgan fingerprint density at radius 3 is 1.82 bits per heavy atom. The van der Waals surface area contributed by atoms with E-state index in [1.807, 2.05) is 0 Å². The fourth-order valence-corrected chi connectivity index (χ4v) is 7.24. The maximum Gasteiger partial charge on any atom is 0.198 e. The van der Waals surface area contributed by atoms with Gasteiger partial charge in [0.05, 0.1) is 0 Å². The van der Waals surface area contributed by atoms with Gasteiger partial charge < -0.3 is 4.98 Å². The summed E-state index contributed by atoms with van der Waals surface area (Å²) in [6, 6.07) is 22.1. The van der Waals surface area contributed by atoms with E-state index >= 15 is 0 Å². The maximum absolute atomic E-state index is 5.17. The summed E-state index contributed by atoms with van der Waals surface area (Å²) in [4.78, 5) is 18.8. The summed E-state index contributed by atoms with van der Waals surface area (Å²) >= 11 is 3.80. The average molecular weight is 584 g/mol. The molecule has 194 valence electrons. The first-order valence-corrected chi connectivity index (χ1v) is 14.5. The van der Waals surface area contributed by atoms with Gasteiger partial charge in [-0.15, -0.1) is 0 Å². The van der Waals surface area contributed by atoms with Gasteiger partial charge in [0.1, 0.15) is 16.1 Å². The minimum atomic E-state index is 0.642. The van der Waals surface area contributed by atoms with Crippen molar-refractivity contribution in [2.75, 3.05) is 0 Å². The van der Waals surface area contributed by atoms with Crippen molar-refractivity contribution in [2.24, 2.45) is 0 Å². The molecule has 4 aromatic carbocycles. The van der Waals surface area contributed by atoms with Gasteiger partial charge in [0.15, 0.2) is 11.3 Å². The smallest absolute Gasteiger partial charge is 0.198 e. The predicted octanol–water partition coefficient (Wildman–Crippen LogP) is 8.83. The molecule has 2 heterocycles. The van der Waals surface area contributed by atoms with Crippen LogP contribution in [0.15, 0.2) is 65.3 Å². The Hall–Kier alpha value is -4.09. The van der Waals surface area contributed by atoms with Crippen LogP contribution in [0.25, 0.3) is 56.2 Å². The molecule has 5 heteroatoms. The number of aromatic amines is 1.